The van der Waals surface area contributed by atoms with Gasteiger partial charge in [-0.25, -0.2) is 14.4 Å². The monoisotopic (exact) mass is 292 g/mol. The molecular weight excluding hydrogens is 275 g/mol. The van der Waals surface area contributed by atoms with Crippen LogP contribution in [0.5, 0.6) is 0 Å². The zero-order valence-electron chi connectivity index (χ0n) is 11.6. The summed E-state index contributed by atoms with van der Waals surface area (Å²) in [5.74, 6) is 0.777. The molecule has 112 valence electrons. The van der Waals surface area contributed by atoms with Gasteiger partial charge in [-0.1, -0.05) is 0 Å². The van der Waals surface area contributed by atoms with Crippen molar-refractivity contribution >= 4 is 11.9 Å². The summed E-state index contributed by atoms with van der Waals surface area (Å²) in [5.41, 5.74) is 0. The molecule has 4 rings (SSSR count). The minimum absolute atomic E-state index is 0.00453. The lowest BCUT2D eigenvalue weighted by Gasteiger charge is -2.36. The Kier molecular flexibility index (Phi) is 3.02. The van der Waals surface area contributed by atoms with E-state index in [1.54, 1.807) is 0 Å². The lowest BCUT2D eigenvalue weighted by atomic mass is 10.1. The average molecular weight is 292 g/mol. The van der Waals surface area contributed by atoms with Crippen LogP contribution in [0.15, 0.2) is 12.4 Å². The van der Waals surface area contributed by atoms with Gasteiger partial charge in [-0.05, 0) is 18.8 Å². The van der Waals surface area contributed by atoms with Gasteiger partial charge in [0.25, 0.3) is 0 Å². The molecule has 1 saturated carbocycles. The zero-order valence-corrected chi connectivity index (χ0v) is 11.6. The van der Waals surface area contributed by atoms with Crippen LogP contribution in [-0.2, 0) is 9.53 Å². The largest absolute Gasteiger partial charge is 0.364 e. The zero-order chi connectivity index (χ0) is 14.4. The number of aromatic nitrogens is 2. The van der Waals surface area contributed by atoms with Crippen molar-refractivity contribution in [1.82, 2.24) is 14.9 Å². The van der Waals surface area contributed by atoms with E-state index < -0.39 is 5.82 Å². The maximum absolute atomic E-state index is 12.9. The highest BCUT2D eigenvalue weighted by Gasteiger charge is 2.45. The third kappa shape index (κ3) is 2.46. The molecule has 0 spiro atoms. The summed E-state index contributed by atoms with van der Waals surface area (Å²) in [5, 5.41) is 0. The van der Waals surface area contributed by atoms with Gasteiger partial charge in [-0.3, -0.25) is 4.79 Å². The van der Waals surface area contributed by atoms with E-state index in [4.69, 9.17) is 4.74 Å². The van der Waals surface area contributed by atoms with Crippen molar-refractivity contribution in [2.24, 2.45) is 5.92 Å². The molecule has 0 aromatic carbocycles. The lowest BCUT2D eigenvalue weighted by molar-refractivity contribution is -0.153. The number of fused-ring (bicyclic) bond motifs is 1. The maximum Gasteiger partial charge on any atom is 0.248 e. The fraction of sp³-hybridized carbons (Fsp3) is 0.643. The van der Waals surface area contributed by atoms with Gasteiger partial charge in [0.05, 0.1) is 24.5 Å². The maximum atomic E-state index is 12.9. The number of ether oxygens (including phenoxy) is 1. The summed E-state index contributed by atoms with van der Waals surface area (Å²) in [6.07, 6.45) is 4.76. The van der Waals surface area contributed by atoms with Crippen LogP contribution in [0.1, 0.15) is 12.8 Å². The Morgan fingerprint density at radius 3 is 2.76 bits per heavy atom. The predicted molar refractivity (Wildman–Crippen MR) is 72.2 cm³/mol. The highest BCUT2D eigenvalue weighted by Crippen LogP contribution is 2.33. The van der Waals surface area contributed by atoms with Crippen molar-refractivity contribution in [3.8, 4) is 0 Å². The molecule has 1 amide bonds. The second-order valence-electron chi connectivity index (χ2n) is 6.01. The van der Waals surface area contributed by atoms with E-state index in [2.05, 4.69) is 9.97 Å². The number of nitrogens with zero attached hydrogens (tertiary/aromatic N) is 4. The predicted octanol–water partition coefficient (Wildman–Crippen LogP) is 0.442. The van der Waals surface area contributed by atoms with Gasteiger partial charge in [0.1, 0.15) is 6.61 Å². The number of halogens is 1. The van der Waals surface area contributed by atoms with Crippen LogP contribution in [-0.4, -0.2) is 59.2 Å². The first-order chi connectivity index (χ1) is 10.2. The topological polar surface area (TPSA) is 58.6 Å². The SMILES string of the molecule is O=C1CO[C@H]2CN(c3ncc(F)cn3)C[C@@H]2N1CC1CC1. The summed E-state index contributed by atoms with van der Waals surface area (Å²) in [6.45, 7) is 2.28. The Labute approximate surface area is 121 Å². The van der Waals surface area contributed by atoms with Gasteiger partial charge in [-0.2, -0.15) is 0 Å². The van der Waals surface area contributed by atoms with Crippen LogP contribution in [0.4, 0.5) is 10.3 Å². The van der Waals surface area contributed by atoms with Gasteiger partial charge in [0.15, 0.2) is 5.82 Å². The second-order valence-corrected chi connectivity index (χ2v) is 6.01. The summed E-state index contributed by atoms with van der Waals surface area (Å²) in [7, 11) is 0. The normalized spacial score (nSPS) is 28.9. The smallest absolute Gasteiger partial charge is 0.248 e. The number of anilines is 1. The van der Waals surface area contributed by atoms with Crippen LogP contribution in [0.3, 0.4) is 0 Å². The van der Waals surface area contributed by atoms with Gasteiger partial charge < -0.3 is 14.5 Å². The van der Waals surface area contributed by atoms with Gasteiger partial charge in [0, 0.05) is 19.6 Å². The van der Waals surface area contributed by atoms with Crippen LogP contribution >= 0.6 is 0 Å². The second kappa shape index (κ2) is 4.91. The van der Waals surface area contributed by atoms with E-state index in [1.165, 1.54) is 12.8 Å². The highest BCUT2D eigenvalue weighted by molar-refractivity contribution is 5.79. The third-order valence-electron chi connectivity index (χ3n) is 4.42. The van der Waals surface area contributed by atoms with Crippen molar-refractivity contribution in [3.63, 3.8) is 0 Å². The molecule has 3 fully saturated rings. The first-order valence-corrected chi connectivity index (χ1v) is 7.34. The quantitative estimate of drug-likeness (QED) is 0.809. The van der Waals surface area contributed by atoms with Crippen molar-refractivity contribution in [3.05, 3.63) is 18.2 Å². The van der Waals surface area contributed by atoms with Crippen molar-refractivity contribution in [1.29, 1.82) is 0 Å². The van der Waals surface area contributed by atoms with E-state index in [0.29, 0.717) is 25.0 Å². The Morgan fingerprint density at radius 2 is 2.05 bits per heavy atom. The first kappa shape index (κ1) is 12.9. The minimum atomic E-state index is -0.447. The summed E-state index contributed by atoms with van der Waals surface area (Å²) in [4.78, 5) is 24.1. The van der Waals surface area contributed by atoms with Crippen LogP contribution in [0.25, 0.3) is 0 Å². The van der Waals surface area contributed by atoms with E-state index in [-0.39, 0.29) is 24.7 Å². The molecule has 3 heterocycles. The fourth-order valence-electron chi connectivity index (χ4n) is 3.11. The number of hydrogen-bond donors (Lipinski definition) is 0. The molecule has 2 saturated heterocycles. The van der Waals surface area contributed by atoms with E-state index in [1.807, 2.05) is 9.80 Å². The van der Waals surface area contributed by atoms with E-state index >= 15 is 0 Å². The number of morpholine rings is 1. The summed E-state index contributed by atoms with van der Waals surface area (Å²) >= 11 is 0. The van der Waals surface area contributed by atoms with Crippen LogP contribution < -0.4 is 4.90 Å². The van der Waals surface area contributed by atoms with Gasteiger partial charge in [-0.15, -0.1) is 0 Å². The Bertz CT molecular complexity index is 548. The number of rotatable bonds is 3. The van der Waals surface area contributed by atoms with Crippen molar-refractivity contribution in [2.45, 2.75) is 25.0 Å². The lowest BCUT2D eigenvalue weighted by Crippen LogP contribution is -2.54. The molecule has 0 unspecified atom stereocenters. The Balaban J connectivity index is 1.51. The number of carbonyl (C=O) groups is 1. The molecular formula is C14H17FN4O2. The number of amides is 1. The molecule has 3 aliphatic rings. The summed E-state index contributed by atoms with van der Waals surface area (Å²) in [6, 6.07) is 0.0560. The average Bonchev–Trinajstić information content (AvgIpc) is 3.20. The molecule has 1 aromatic rings. The van der Waals surface area contributed by atoms with Crippen LogP contribution in [0, 0.1) is 11.7 Å². The molecule has 1 aromatic heterocycles. The van der Waals surface area contributed by atoms with Crippen molar-refractivity contribution < 1.29 is 13.9 Å². The highest BCUT2D eigenvalue weighted by atomic mass is 19.1. The Hall–Kier alpha value is -1.76. The molecule has 0 bridgehead atoms. The standard InChI is InChI=1S/C14H17FN4O2/c15-10-3-16-14(17-4-10)18-6-11-12(7-18)21-8-13(20)19(11)5-9-1-2-9/h3-4,9,11-12H,1-2,5-8H2/t11-,12-/m0/s1. The first-order valence-electron chi connectivity index (χ1n) is 7.34. The summed E-state index contributed by atoms with van der Waals surface area (Å²) < 4.78 is 18.6. The van der Waals surface area contributed by atoms with Gasteiger partial charge in [0.2, 0.25) is 11.9 Å². The van der Waals surface area contributed by atoms with Gasteiger partial charge >= 0.3 is 0 Å². The molecule has 2 atom stereocenters. The van der Waals surface area contributed by atoms with Crippen LogP contribution in [0.2, 0.25) is 0 Å². The molecule has 1 aliphatic carbocycles. The number of hydrogen-bond acceptors (Lipinski definition) is 5. The fourth-order valence-corrected chi connectivity index (χ4v) is 3.11. The van der Waals surface area contributed by atoms with E-state index in [9.17, 15) is 9.18 Å². The number of carbonyl (C=O) groups excluding carboxylic acids is 1. The molecule has 2 aliphatic heterocycles. The Morgan fingerprint density at radius 1 is 1.29 bits per heavy atom. The molecule has 0 N–H and O–H groups in total. The minimum Gasteiger partial charge on any atom is -0.364 e. The van der Waals surface area contributed by atoms with E-state index in [0.717, 1.165) is 18.9 Å². The molecule has 7 heteroatoms. The molecule has 6 nitrogen and oxygen atoms in total. The third-order valence-corrected chi connectivity index (χ3v) is 4.42. The van der Waals surface area contributed by atoms with Crippen molar-refractivity contribution in [2.75, 3.05) is 31.1 Å². The molecule has 0 radical (unpaired) electrons. The molecule has 21 heavy (non-hydrogen) atoms.